The summed E-state index contributed by atoms with van der Waals surface area (Å²) in [6.45, 7) is -0.0856. The molecular formula is C21H15N5O5. The SMILES string of the molecule is COc1cc(-c2c(C#N)c(N)[nH]c(=O)c2C#N)ccc1OCc1ccccc1[N+](=O)[O-]. The van der Waals surface area contributed by atoms with Gasteiger partial charge >= 0.3 is 0 Å². The second-order valence-electron chi connectivity index (χ2n) is 6.26. The number of methoxy groups -OCH3 is 1. The molecule has 0 radical (unpaired) electrons. The quantitative estimate of drug-likeness (QED) is 0.456. The fraction of sp³-hybridized carbons (Fsp3) is 0.0952. The van der Waals surface area contributed by atoms with Crippen molar-refractivity contribution in [3.05, 3.63) is 79.6 Å². The summed E-state index contributed by atoms with van der Waals surface area (Å²) in [5, 5.41) is 30.0. The summed E-state index contributed by atoms with van der Waals surface area (Å²) >= 11 is 0. The standard InChI is InChI=1S/C21H15N5O5/c1-30-18-8-12(19-14(9-22)20(24)25-21(27)15(19)10-23)6-7-17(18)31-11-13-4-2-3-5-16(13)26(28)29/h2-8H,11H2,1H3,(H3,24,25,27). The third kappa shape index (κ3) is 3.99. The van der Waals surface area contributed by atoms with E-state index in [4.69, 9.17) is 15.2 Å². The van der Waals surface area contributed by atoms with Crippen LogP contribution in [0.15, 0.2) is 47.3 Å². The molecule has 10 nitrogen and oxygen atoms in total. The number of aromatic nitrogens is 1. The van der Waals surface area contributed by atoms with Crippen LogP contribution in [0.4, 0.5) is 11.5 Å². The molecule has 31 heavy (non-hydrogen) atoms. The van der Waals surface area contributed by atoms with Gasteiger partial charge in [-0.25, -0.2) is 0 Å². The number of hydrogen-bond donors (Lipinski definition) is 2. The normalized spacial score (nSPS) is 10.0. The van der Waals surface area contributed by atoms with Crippen LogP contribution in [-0.2, 0) is 6.61 Å². The maximum absolute atomic E-state index is 12.1. The zero-order valence-electron chi connectivity index (χ0n) is 16.2. The Kier molecular flexibility index (Phi) is 5.85. The fourth-order valence-electron chi connectivity index (χ4n) is 3.04. The van der Waals surface area contributed by atoms with Crippen LogP contribution in [0.25, 0.3) is 11.1 Å². The number of benzene rings is 2. The number of nitrogens with zero attached hydrogens (tertiary/aromatic N) is 3. The molecule has 0 aliphatic rings. The van der Waals surface area contributed by atoms with E-state index in [0.717, 1.165) is 0 Å². The van der Waals surface area contributed by atoms with Crippen LogP contribution in [0.2, 0.25) is 0 Å². The van der Waals surface area contributed by atoms with E-state index in [2.05, 4.69) is 4.98 Å². The molecule has 1 heterocycles. The Morgan fingerprint density at radius 3 is 2.48 bits per heavy atom. The molecule has 10 heteroatoms. The van der Waals surface area contributed by atoms with E-state index in [1.54, 1.807) is 24.3 Å². The maximum atomic E-state index is 12.1. The van der Waals surface area contributed by atoms with Crippen LogP contribution in [0, 0.1) is 32.8 Å². The molecule has 0 aliphatic heterocycles. The topological polar surface area (TPSA) is 168 Å². The molecule has 0 amide bonds. The number of nitriles is 2. The lowest BCUT2D eigenvalue weighted by Gasteiger charge is -2.14. The van der Waals surface area contributed by atoms with Gasteiger partial charge in [0.15, 0.2) is 11.5 Å². The fourth-order valence-corrected chi connectivity index (χ4v) is 3.04. The predicted octanol–water partition coefficient (Wildman–Crippen LogP) is 2.86. The smallest absolute Gasteiger partial charge is 0.276 e. The number of rotatable bonds is 6. The number of nitro groups is 1. The molecule has 2 aromatic carbocycles. The molecule has 3 rings (SSSR count). The number of H-pyrrole nitrogens is 1. The minimum atomic E-state index is -0.718. The van der Waals surface area contributed by atoms with Gasteiger partial charge in [-0.15, -0.1) is 0 Å². The van der Waals surface area contributed by atoms with E-state index >= 15 is 0 Å². The predicted molar refractivity (Wildman–Crippen MR) is 110 cm³/mol. The first kappa shape index (κ1) is 20.9. The number of aromatic amines is 1. The monoisotopic (exact) mass is 417 g/mol. The first-order valence-electron chi connectivity index (χ1n) is 8.80. The second kappa shape index (κ2) is 8.68. The van der Waals surface area contributed by atoms with Crippen LogP contribution >= 0.6 is 0 Å². The third-order valence-corrected chi connectivity index (χ3v) is 4.49. The molecule has 0 fully saturated rings. The molecule has 154 valence electrons. The van der Waals surface area contributed by atoms with Crippen molar-refractivity contribution in [2.45, 2.75) is 6.61 Å². The molecule has 0 bridgehead atoms. The van der Waals surface area contributed by atoms with Gasteiger partial charge in [0.25, 0.3) is 11.2 Å². The number of nitrogens with one attached hydrogen (secondary N) is 1. The van der Waals surface area contributed by atoms with Gasteiger partial charge in [0, 0.05) is 11.6 Å². The minimum absolute atomic E-state index is 0.0493. The number of para-hydroxylation sites is 1. The Morgan fingerprint density at radius 1 is 1.13 bits per heavy atom. The molecule has 1 aromatic heterocycles. The molecular weight excluding hydrogens is 402 g/mol. The van der Waals surface area contributed by atoms with Gasteiger partial charge in [0.2, 0.25) is 0 Å². The molecule has 0 spiro atoms. The number of anilines is 1. The molecule has 3 aromatic rings. The highest BCUT2D eigenvalue weighted by Gasteiger charge is 2.20. The molecule has 0 saturated heterocycles. The maximum Gasteiger partial charge on any atom is 0.276 e. The third-order valence-electron chi connectivity index (χ3n) is 4.49. The van der Waals surface area contributed by atoms with Gasteiger partial charge in [-0.3, -0.25) is 14.9 Å². The Balaban J connectivity index is 2.03. The zero-order chi connectivity index (χ0) is 22.5. The van der Waals surface area contributed by atoms with Crippen LogP contribution in [0.1, 0.15) is 16.7 Å². The number of nitro benzene ring substituents is 1. The highest BCUT2D eigenvalue weighted by molar-refractivity contribution is 5.81. The van der Waals surface area contributed by atoms with Gasteiger partial charge < -0.3 is 20.2 Å². The summed E-state index contributed by atoms with van der Waals surface area (Å²) in [5.41, 5.74) is 5.44. The van der Waals surface area contributed by atoms with Crippen LogP contribution in [0.3, 0.4) is 0 Å². The summed E-state index contributed by atoms with van der Waals surface area (Å²) in [6, 6.07) is 14.4. The van der Waals surface area contributed by atoms with Crippen molar-refractivity contribution in [2.75, 3.05) is 12.8 Å². The number of nitrogen functional groups attached to an aromatic ring is 1. The van der Waals surface area contributed by atoms with Crippen molar-refractivity contribution >= 4 is 11.5 Å². The Hall–Kier alpha value is -4.83. The second-order valence-corrected chi connectivity index (χ2v) is 6.26. The zero-order valence-corrected chi connectivity index (χ0v) is 16.2. The van der Waals surface area contributed by atoms with Gasteiger partial charge in [-0.1, -0.05) is 18.2 Å². The largest absolute Gasteiger partial charge is 0.493 e. The summed E-state index contributed by atoms with van der Waals surface area (Å²) < 4.78 is 11.0. The summed E-state index contributed by atoms with van der Waals surface area (Å²) in [7, 11) is 1.39. The minimum Gasteiger partial charge on any atom is -0.493 e. The van der Waals surface area contributed by atoms with Crippen molar-refractivity contribution in [1.82, 2.24) is 4.98 Å². The van der Waals surface area contributed by atoms with Crippen molar-refractivity contribution in [3.8, 4) is 34.8 Å². The first-order valence-corrected chi connectivity index (χ1v) is 8.80. The average Bonchev–Trinajstić information content (AvgIpc) is 2.77. The van der Waals surface area contributed by atoms with Crippen molar-refractivity contribution in [3.63, 3.8) is 0 Å². The number of nitrogens with two attached hydrogens (primary N) is 1. The highest BCUT2D eigenvalue weighted by Crippen LogP contribution is 2.36. The van der Waals surface area contributed by atoms with Gasteiger partial charge in [0.05, 0.1) is 17.6 Å². The van der Waals surface area contributed by atoms with E-state index < -0.39 is 10.5 Å². The summed E-state index contributed by atoms with van der Waals surface area (Å²) in [6.07, 6.45) is 0. The van der Waals surface area contributed by atoms with Gasteiger partial charge in [-0.05, 0) is 23.8 Å². The Labute approximate surface area is 175 Å². The van der Waals surface area contributed by atoms with E-state index in [9.17, 15) is 25.4 Å². The van der Waals surface area contributed by atoms with E-state index in [0.29, 0.717) is 11.1 Å². The lowest BCUT2D eigenvalue weighted by atomic mass is 9.96. The van der Waals surface area contributed by atoms with E-state index in [1.165, 1.54) is 31.4 Å². The van der Waals surface area contributed by atoms with E-state index in [-0.39, 0.29) is 46.3 Å². The Morgan fingerprint density at radius 2 is 1.84 bits per heavy atom. The lowest BCUT2D eigenvalue weighted by Crippen LogP contribution is -2.16. The number of pyridine rings is 1. The first-order chi connectivity index (χ1) is 14.9. The van der Waals surface area contributed by atoms with Crippen molar-refractivity contribution in [2.24, 2.45) is 0 Å². The van der Waals surface area contributed by atoms with Gasteiger partial charge in [0.1, 0.15) is 35.7 Å². The van der Waals surface area contributed by atoms with Gasteiger partial charge in [-0.2, -0.15) is 10.5 Å². The number of hydrogen-bond acceptors (Lipinski definition) is 8. The average molecular weight is 417 g/mol. The number of ether oxygens (including phenoxy) is 2. The van der Waals surface area contributed by atoms with Crippen molar-refractivity contribution in [1.29, 1.82) is 10.5 Å². The van der Waals surface area contributed by atoms with E-state index in [1.807, 2.05) is 6.07 Å². The molecule has 0 aliphatic carbocycles. The molecule has 0 saturated carbocycles. The highest BCUT2D eigenvalue weighted by atomic mass is 16.6. The van der Waals surface area contributed by atoms with Crippen molar-refractivity contribution < 1.29 is 14.4 Å². The van der Waals surface area contributed by atoms with Crippen LogP contribution in [0.5, 0.6) is 11.5 Å². The van der Waals surface area contributed by atoms with Crippen LogP contribution < -0.4 is 20.8 Å². The molecule has 3 N–H and O–H groups in total. The molecule has 0 unspecified atom stereocenters. The Bertz CT molecular complexity index is 1320. The lowest BCUT2D eigenvalue weighted by molar-refractivity contribution is -0.385. The summed E-state index contributed by atoms with van der Waals surface area (Å²) in [4.78, 5) is 25.1. The summed E-state index contributed by atoms with van der Waals surface area (Å²) in [5.74, 6) is 0.360. The van der Waals surface area contributed by atoms with Crippen LogP contribution in [-0.4, -0.2) is 17.0 Å². The molecule has 0 atom stereocenters.